The van der Waals surface area contributed by atoms with E-state index in [0.29, 0.717) is 5.82 Å². The molecule has 0 aliphatic rings. The highest BCUT2D eigenvalue weighted by atomic mass is 32.2. The number of aromatic nitrogens is 4. The van der Waals surface area contributed by atoms with Gasteiger partial charge in [-0.05, 0) is 31.2 Å². The van der Waals surface area contributed by atoms with Crippen LogP contribution in [0, 0.1) is 6.92 Å². The Morgan fingerprint density at radius 3 is 2.78 bits per heavy atom. The molecule has 0 aliphatic carbocycles. The van der Waals surface area contributed by atoms with E-state index >= 15 is 0 Å². The summed E-state index contributed by atoms with van der Waals surface area (Å²) in [6.45, 7) is 4.10. The molecule has 2 aromatic heterocycles. The summed E-state index contributed by atoms with van der Waals surface area (Å²) in [5.74, 6) is 0.577. The normalized spacial score (nSPS) is 10.8. The second-order valence-corrected chi connectivity index (χ2v) is 5.15. The summed E-state index contributed by atoms with van der Waals surface area (Å²) in [7, 11) is 1.93. The Bertz CT molecular complexity index is 549. The zero-order valence-electron chi connectivity index (χ0n) is 10.8. The maximum absolute atomic E-state index is 5.92. The van der Waals surface area contributed by atoms with Crippen LogP contribution in [0.3, 0.4) is 0 Å². The number of hydrogen-bond donors (Lipinski definition) is 1. The zero-order valence-corrected chi connectivity index (χ0v) is 11.7. The number of anilines is 1. The summed E-state index contributed by atoms with van der Waals surface area (Å²) in [5, 5.41) is 6.31. The molecular formula is C12H17N5S. The first-order valence-corrected chi connectivity index (χ1v) is 6.71. The molecule has 96 valence electrons. The number of rotatable bonds is 4. The molecule has 2 rings (SSSR count). The van der Waals surface area contributed by atoms with Gasteiger partial charge < -0.3 is 5.73 Å². The standard InChI is InChI=1S/C12H17N5S/c1-4-5-9-11(13)14-7-15-12(9)18-10-6-8(2)16-17(10)3/h6-7H,4-5H2,1-3H3,(H2,13,14,15). The molecule has 0 fully saturated rings. The summed E-state index contributed by atoms with van der Waals surface area (Å²) < 4.78 is 1.86. The van der Waals surface area contributed by atoms with E-state index in [-0.39, 0.29) is 0 Å². The van der Waals surface area contributed by atoms with Crippen LogP contribution in [0.25, 0.3) is 0 Å². The van der Waals surface area contributed by atoms with Crippen LogP contribution in [0.5, 0.6) is 0 Å². The van der Waals surface area contributed by atoms with Gasteiger partial charge in [-0.3, -0.25) is 4.68 Å². The molecule has 0 saturated heterocycles. The third kappa shape index (κ3) is 2.64. The average molecular weight is 263 g/mol. The van der Waals surface area contributed by atoms with Crippen molar-refractivity contribution in [1.82, 2.24) is 19.7 Å². The third-order valence-electron chi connectivity index (χ3n) is 2.60. The van der Waals surface area contributed by atoms with Crippen LogP contribution in [-0.4, -0.2) is 19.7 Å². The maximum Gasteiger partial charge on any atom is 0.131 e. The summed E-state index contributed by atoms with van der Waals surface area (Å²) >= 11 is 1.59. The van der Waals surface area contributed by atoms with E-state index in [1.54, 1.807) is 11.8 Å². The van der Waals surface area contributed by atoms with Gasteiger partial charge >= 0.3 is 0 Å². The average Bonchev–Trinajstić information content (AvgIpc) is 2.62. The Kier molecular flexibility index (Phi) is 3.86. The van der Waals surface area contributed by atoms with E-state index < -0.39 is 0 Å². The van der Waals surface area contributed by atoms with Crippen molar-refractivity contribution in [3.8, 4) is 0 Å². The fraction of sp³-hybridized carbons (Fsp3) is 0.417. The van der Waals surface area contributed by atoms with Gasteiger partial charge in [0.25, 0.3) is 0 Å². The van der Waals surface area contributed by atoms with Crippen LogP contribution in [0.2, 0.25) is 0 Å². The van der Waals surface area contributed by atoms with Gasteiger partial charge in [0.15, 0.2) is 0 Å². The maximum atomic E-state index is 5.92. The van der Waals surface area contributed by atoms with Crippen molar-refractivity contribution in [2.24, 2.45) is 7.05 Å². The van der Waals surface area contributed by atoms with Crippen molar-refractivity contribution < 1.29 is 0 Å². The zero-order chi connectivity index (χ0) is 13.1. The van der Waals surface area contributed by atoms with Crippen LogP contribution in [-0.2, 0) is 13.5 Å². The molecule has 2 heterocycles. The summed E-state index contributed by atoms with van der Waals surface area (Å²) in [6, 6.07) is 2.04. The first-order valence-electron chi connectivity index (χ1n) is 5.89. The molecule has 0 spiro atoms. The van der Waals surface area contributed by atoms with Gasteiger partial charge in [-0.15, -0.1) is 0 Å². The molecule has 0 aliphatic heterocycles. The van der Waals surface area contributed by atoms with Gasteiger partial charge in [-0.2, -0.15) is 5.10 Å². The van der Waals surface area contributed by atoms with Crippen molar-refractivity contribution in [2.75, 3.05) is 5.73 Å². The highest BCUT2D eigenvalue weighted by Crippen LogP contribution is 2.31. The topological polar surface area (TPSA) is 69.6 Å². The molecule has 0 aromatic carbocycles. The lowest BCUT2D eigenvalue weighted by Crippen LogP contribution is -2.02. The van der Waals surface area contributed by atoms with E-state index in [0.717, 1.165) is 34.2 Å². The molecule has 0 saturated carbocycles. The van der Waals surface area contributed by atoms with E-state index in [1.165, 1.54) is 6.33 Å². The Labute approximate surface area is 111 Å². The minimum atomic E-state index is 0.577. The molecule has 5 nitrogen and oxygen atoms in total. The van der Waals surface area contributed by atoms with E-state index in [4.69, 9.17) is 5.73 Å². The van der Waals surface area contributed by atoms with Gasteiger partial charge in [0.05, 0.1) is 5.69 Å². The fourth-order valence-electron chi connectivity index (χ4n) is 1.76. The lowest BCUT2D eigenvalue weighted by molar-refractivity contribution is 0.691. The largest absolute Gasteiger partial charge is 0.383 e. The smallest absolute Gasteiger partial charge is 0.131 e. The van der Waals surface area contributed by atoms with Gasteiger partial charge in [-0.25, -0.2) is 9.97 Å². The first-order chi connectivity index (χ1) is 8.61. The monoisotopic (exact) mass is 263 g/mol. The molecule has 0 amide bonds. The SMILES string of the molecule is CCCc1c(N)ncnc1Sc1cc(C)nn1C. The van der Waals surface area contributed by atoms with Crippen LogP contribution in [0.15, 0.2) is 22.4 Å². The molecule has 2 aromatic rings. The Balaban J connectivity index is 2.34. The highest BCUT2D eigenvalue weighted by molar-refractivity contribution is 7.99. The molecule has 0 radical (unpaired) electrons. The van der Waals surface area contributed by atoms with E-state index in [1.807, 2.05) is 24.7 Å². The third-order valence-corrected chi connectivity index (χ3v) is 3.74. The molecular weight excluding hydrogens is 246 g/mol. The molecule has 18 heavy (non-hydrogen) atoms. The van der Waals surface area contributed by atoms with Gasteiger partial charge in [0.1, 0.15) is 22.2 Å². The molecule has 0 atom stereocenters. The lowest BCUT2D eigenvalue weighted by Gasteiger charge is -2.08. The van der Waals surface area contributed by atoms with Crippen LogP contribution in [0.4, 0.5) is 5.82 Å². The van der Waals surface area contributed by atoms with Crippen molar-refractivity contribution in [2.45, 2.75) is 36.7 Å². The summed E-state index contributed by atoms with van der Waals surface area (Å²) in [6.07, 6.45) is 3.43. The Morgan fingerprint density at radius 2 is 2.17 bits per heavy atom. The van der Waals surface area contributed by atoms with E-state index in [2.05, 4.69) is 22.0 Å². The number of nitrogen functional groups attached to an aromatic ring is 1. The second-order valence-electron chi connectivity index (χ2n) is 4.14. The first kappa shape index (κ1) is 12.9. The summed E-state index contributed by atoms with van der Waals surface area (Å²) in [5.41, 5.74) is 7.95. The predicted molar refractivity (Wildman–Crippen MR) is 72.5 cm³/mol. The van der Waals surface area contributed by atoms with Gasteiger partial charge in [0, 0.05) is 12.6 Å². The van der Waals surface area contributed by atoms with Crippen molar-refractivity contribution in [3.05, 3.63) is 23.7 Å². The quantitative estimate of drug-likeness (QED) is 0.856. The minimum absolute atomic E-state index is 0.577. The van der Waals surface area contributed by atoms with Gasteiger partial charge in [0.2, 0.25) is 0 Å². The summed E-state index contributed by atoms with van der Waals surface area (Å²) in [4.78, 5) is 8.39. The number of nitrogens with zero attached hydrogens (tertiary/aromatic N) is 4. The second kappa shape index (κ2) is 5.39. The van der Waals surface area contributed by atoms with E-state index in [9.17, 15) is 0 Å². The molecule has 0 bridgehead atoms. The van der Waals surface area contributed by atoms with Crippen molar-refractivity contribution in [1.29, 1.82) is 0 Å². The molecule has 0 unspecified atom stereocenters. The molecule has 2 N–H and O–H groups in total. The van der Waals surface area contributed by atoms with Crippen LogP contribution in [0.1, 0.15) is 24.6 Å². The van der Waals surface area contributed by atoms with Crippen molar-refractivity contribution in [3.63, 3.8) is 0 Å². The number of hydrogen-bond acceptors (Lipinski definition) is 5. The number of aryl methyl sites for hydroxylation is 2. The van der Waals surface area contributed by atoms with Crippen molar-refractivity contribution >= 4 is 17.6 Å². The Hall–Kier alpha value is -1.56. The molecule has 6 heteroatoms. The van der Waals surface area contributed by atoms with Gasteiger partial charge in [-0.1, -0.05) is 13.3 Å². The Morgan fingerprint density at radius 1 is 1.39 bits per heavy atom. The minimum Gasteiger partial charge on any atom is -0.383 e. The number of nitrogens with two attached hydrogens (primary N) is 1. The van der Waals surface area contributed by atoms with Crippen LogP contribution >= 0.6 is 11.8 Å². The lowest BCUT2D eigenvalue weighted by atomic mass is 10.2. The fourth-order valence-corrected chi connectivity index (χ4v) is 2.79. The van der Waals surface area contributed by atoms with Crippen LogP contribution < -0.4 is 5.73 Å². The highest BCUT2D eigenvalue weighted by Gasteiger charge is 2.12. The predicted octanol–water partition coefficient (Wildman–Crippen LogP) is 2.20.